The van der Waals surface area contributed by atoms with Crippen LogP contribution in [0, 0.1) is 0 Å². The number of primary amides is 1. The molecule has 0 fully saturated rings. The molecule has 0 spiro atoms. The molecule has 2 aromatic heterocycles. The second-order valence-corrected chi connectivity index (χ2v) is 4.96. The zero-order chi connectivity index (χ0) is 16.2. The number of benzene rings is 1. The number of carbonyl (C=O) groups is 2. The van der Waals surface area contributed by atoms with Crippen LogP contribution in [0.4, 0.5) is 10.5 Å². The number of aromatic nitrogens is 2. The average molecular weight is 309 g/mol. The highest BCUT2D eigenvalue weighted by atomic mass is 16.2. The van der Waals surface area contributed by atoms with Gasteiger partial charge < -0.3 is 20.8 Å². The average Bonchev–Trinajstić information content (AvgIpc) is 2.97. The van der Waals surface area contributed by atoms with Crippen molar-refractivity contribution in [1.82, 2.24) is 14.7 Å². The lowest BCUT2D eigenvalue weighted by Gasteiger charge is -2.05. The van der Waals surface area contributed by atoms with E-state index in [-0.39, 0.29) is 5.91 Å². The summed E-state index contributed by atoms with van der Waals surface area (Å²) in [4.78, 5) is 27.1. The van der Waals surface area contributed by atoms with Crippen LogP contribution in [-0.2, 0) is 6.54 Å². The maximum absolute atomic E-state index is 12.1. The first-order chi connectivity index (χ1) is 11.1. The van der Waals surface area contributed by atoms with Gasteiger partial charge >= 0.3 is 6.03 Å². The number of rotatable bonds is 4. The fraction of sp³-hybridized carbons (Fsp3) is 0.0625. The van der Waals surface area contributed by atoms with Crippen LogP contribution in [-0.4, -0.2) is 21.3 Å². The van der Waals surface area contributed by atoms with Crippen LogP contribution in [0.15, 0.2) is 54.9 Å². The molecular formula is C16H15N5O2. The topological polar surface area (TPSA) is 102 Å². The second-order valence-electron chi connectivity index (χ2n) is 4.96. The molecule has 0 radical (unpaired) electrons. The molecule has 0 bridgehead atoms. The SMILES string of the molecule is NC(=O)Nc1ccc(CNC(=O)c2cn3ccccc3n2)cc1. The lowest BCUT2D eigenvalue weighted by atomic mass is 10.2. The zero-order valence-corrected chi connectivity index (χ0v) is 12.2. The third-order valence-electron chi connectivity index (χ3n) is 3.27. The highest BCUT2D eigenvalue weighted by Crippen LogP contribution is 2.09. The summed E-state index contributed by atoms with van der Waals surface area (Å²) in [6, 6.07) is 12.0. The molecule has 3 rings (SSSR count). The van der Waals surface area contributed by atoms with Crippen molar-refractivity contribution >= 4 is 23.3 Å². The minimum absolute atomic E-state index is 0.243. The summed E-state index contributed by atoms with van der Waals surface area (Å²) in [6.07, 6.45) is 3.52. The van der Waals surface area contributed by atoms with Crippen molar-refractivity contribution in [3.05, 3.63) is 66.1 Å². The van der Waals surface area contributed by atoms with Gasteiger partial charge in [0.25, 0.3) is 5.91 Å². The van der Waals surface area contributed by atoms with E-state index in [4.69, 9.17) is 5.73 Å². The Labute approximate surface area is 132 Å². The minimum atomic E-state index is -0.613. The largest absolute Gasteiger partial charge is 0.351 e. The number of carbonyl (C=O) groups excluding carboxylic acids is 2. The Kier molecular flexibility index (Phi) is 3.92. The highest BCUT2D eigenvalue weighted by molar-refractivity contribution is 5.92. The smallest absolute Gasteiger partial charge is 0.316 e. The number of urea groups is 1. The Hall–Kier alpha value is -3.35. The van der Waals surface area contributed by atoms with Gasteiger partial charge in [0, 0.05) is 24.6 Å². The number of pyridine rings is 1. The first-order valence-electron chi connectivity index (χ1n) is 6.99. The van der Waals surface area contributed by atoms with E-state index in [1.807, 2.05) is 24.4 Å². The highest BCUT2D eigenvalue weighted by Gasteiger charge is 2.10. The van der Waals surface area contributed by atoms with Gasteiger partial charge in [0.2, 0.25) is 0 Å². The number of hydrogen-bond acceptors (Lipinski definition) is 3. The van der Waals surface area contributed by atoms with Crippen LogP contribution >= 0.6 is 0 Å². The van der Waals surface area contributed by atoms with Crippen molar-refractivity contribution in [2.24, 2.45) is 5.73 Å². The molecule has 0 unspecified atom stereocenters. The van der Waals surface area contributed by atoms with Gasteiger partial charge in [0.05, 0.1) is 0 Å². The Morgan fingerprint density at radius 2 is 1.91 bits per heavy atom. The van der Waals surface area contributed by atoms with Crippen LogP contribution < -0.4 is 16.4 Å². The molecule has 0 atom stereocenters. The zero-order valence-electron chi connectivity index (χ0n) is 12.2. The van der Waals surface area contributed by atoms with Crippen molar-refractivity contribution in [3.8, 4) is 0 Å². The van der Waals surface area contributed by atoms with Crippen LogP contribution in [0.2, 0.25) is 0 Å². The van der Waals surface area contributed by atoms with Crippen LogP contribution in [0.1, 0.15) is 16.1 Å². The van der Waals surface area contributed by atoms with Crippen molar-refractivity contribution in [3.63, 3.8) is 0 Å². The quantitative estimate of drug-likeness (QED) is 0.684. The van der Waals surface area contributed by atoms with E-state index in [1.165, 1.54) is 0 Å². The van der Waals surface area contributed by atoms with Gasteiger partial charge in [-0.2, -0.15) is 0 Å². The molecule has 116 valence electrons. The number of nitrogens with one attached hydrogen (secondary N) is 2. The molecule has 1 aromatic carbocycles. The van der Waals surface area contributed by atoms with Gasteiger partial charge in [-0.1, -0.05) is 18.2 Å². The number of nitrogens with two attached hydrogens (primary N) is 1. The van der Waals surface area contributed by atoms with E-state index in [0.29, 0.717) is 17.9 Å². The second kappa shape index (κ2) is 6.18. The Morgan fingerprint density at radius 1 is 1.13 bits per heavy atom. The van der Waals surface area contributed by atoms with Crippen LogP contribution in [0.25, 0.3) is 5.65 Å². The fourth-order valence-corrected chi connectivity index (χ4v) is 2.17. The summed E-state index contributed by atoms with van der Waals surface area (Å²) in [5.74, 6) is -0.243. The Balaban J connectivity index is 1.63. The van der Waals surface area contributed by atoms with Gasteiger partial charge in [-0.15, -0.1) is 0 Å². The van der Waals surface area contributed by atoms with Gasteiger partial charge in [0.15, 0.2) is 0 Å². The summed E-state index contributed by atoms with van der Waals surface area (Å²) in [5.41, 5.74) is 7.63. The standard InChI is InChI=1S/C16H15N5O2/c17-16(23)19-12-6-4-11(5-7-12)9-18-15(22)13-10-21-8-2-1-3-14(21)20-13/h1-8,10H,9H2,(H,18,22)(H3,17,19,23). The third kappa shape index (κ3) is 3.46. The summed E-state index contributed by atoms with van der Waals surface area (Å²) >= 11 is 0. The molecule has 0 aliphatic carbocycles. The van der Waals surface area contributed by atoms with E-state index >= 15 is 0 Å². The van der Waals surface area contributed by atoms with Crippen molar-refractivity contribution in [2.75, 3.05) is 5.32 Å². The first-order valence-corrected chi connectivity index (χ1v) is 6.99. The van der Waals surface area contributed by atoms with Gasteiger partial charge in [-0.05, 0) is 29.8 Å². The fourth-order valence-electron chi connectivity index (χ4n) is 2.17. The molecule has 4 N–H and O–H groups in total. The Bertz CT molecular complexity index is 821. The van der Waals surface area contributed by atoms with Crippen LogP contribution in [0.5, 0.6) is 0 Å². The predicted molar refractivity (Wildman–Crippen MR) is 86.0 cm³/mol. The molecule has 0 saturated carbocycles. The maximum atomic E-state index is 12.1. The molecule has 3 amide bonds. The summed E-state index contributed by atoms with van der Waals surface area (Å²) < 4.78 is 1.79. The minimum Gasteiger partial charge on any atom is -0.351 e. The number of amides is 3. The number of imidazole rings is 1. The molecule has 7 heteroatoms. The number of fused-ring (bicyclic) bond motifs is 1. The van der Waals surface area contributed by atoms with Crippen molar-refractivity contribution in [1.29, 1.82) is 0 Å². The lowest BCUT2D eigenvalue weighted by molar-refractivity contribution is 0.0946. The number of nitrogens with zero attached hydrogens (tertiary/aromatic N) is 2. The van der Waals surface area contributed by atoms with Crippen molar-refractivity contribution in [2.45, 2.75) is 6.54 Å². The van der Waals surface area contributed by atoms with E-state index in [9.17, 15) is 9.59 Å². The first kappa shape index (κ1) is 14.6. The summed E-state index contributed by atoms with van der Waals surface area (Å²) in [5, 5.41) is 5.29. The van der Waals surface area contributed by atoms with Crippen LogP contribution in [0.3, 0.4) is 0 Å². The van der Waals surface area contributed by atoms with E-state index < -0.39 is 6.03 Å². The number of anilines is 1. The Morgan fingerprint density at radius 3 is 2.61 bits per heavy atom. The number of hydrogen-bond donors (Lipinski definition) is 3. The molecule has 0 aliphatic rings. The normalized spacial score (nSPS) is 10.4. The molecule has 0 aliphatic heterocycles. The molecule has 0 saturated heterocycles. The molecule has 3 aromatic rings. The third-order valence-corrected chi connectivity index (χ3v) is 3.27. The van der Waals surface area contributed by atoms with E-state index in [1.54, 1.807) is 34.9 Å². The van der Waals surface area contributed by atoms with E-state index in [2.05, 4.69) is 15.6 Å². The monoisotopic (exact) mass is 309 g/mol. The maximum Gasteiger partial charge on any atom is 0.316 e. The van der Waals surface area contributed by atoms with Crippen molar-refractivity contribution < 1.29 is 9.59 Å². The summed E-state index contributed by atoms with van der Waals surface area (Å²) in [7, 11) is 0. The van der Waals surface area contributed by atoms with E-state index in [0.717, 1.165) is 11.2 Å². The molecule has 23 heavy (non-hydrogen) atoms. The summed E-state index contributed by atoms with van der Waals surface area (Å²) in [6.45, 7) is 0.365. The van der Waals surface area contributed by atoms with Gasteiger partial charge in [0.1, 0.15) is 11.3 Å². The predicted octanol–water partition coefficient (Wildman–Crippen LogP) is 1.75. The van der Waals surface area contributed by atoms with Gasteiger partial charge in [-0.25, -0.2) is 9.78 Å². The van der Waals surface area contributed by atoms with Gasteiger partial charge in [-0.3, -0.25) is 4.79 Å². The molecule has 7 nitrogen and oxygen atoms in total. The molecule has 2 heterocycles. The molecular weight excluding hydrogens is 294 g/mol. The lowest BCUT2D eigenvalue weighted by Crippen LogP contribution is -2.23.